The summed E-state index contributed by atoms with van der Waals surface area (Å²) in [6.45, 7) is 9.97. The van der Waals surface area contributed by atoms with Gasteiger partial charge in [-0.25, -0.2) is 4.79 Å². The van der Waals surface area contributed by atoms with Crippen LogP contribution in [0.25, 0.3) is 0 Å². The van der Waals surface area contributed by atoms with Gasteiger partial charge >= 0.3 is 12.1 Å². The van der Waals surface area contributed by atoms with Crippen LogP contribution >= 0.6 is 0 Å². The number of ether oxygens (including phenoxy) is 2. The molecule has 0 aromatic rings. The average molecular weight is 327 g/mol. The Bertz CT molecular complexity index is 441. The lowest BCUT2D eigenvalue weighted by Gasteiger charge is -2.39. The Morgan fingerprint density at radius 3 is 2.35 bits per heavy atom. The molecule has 2 atom stereocenters. The molecular weight excluding hydrogens is 298 g/mol. The molecule has 0 aliphatic carbocycles. The number of piperidine rings is 1. The fraction of sp³-hybridized carbons (Fsp3) is 0.824. The van der Waals surface area contributed by atoms with Crippen molar-refractivity contribution in [2.75, 3.05) is 13.2 Å². The summed E-state index contributed by atoms with van der Waals surface area (Å²) in [7, 11) is 0. The van der Waals surface area contributed by atoms with Gasteiger partial charge in [-0.15, -0.1) is 0 Å². The van der Waals surface area contributed by atoms with Crippen LogP contribution in [0.2, 0.25) is 0 Å². The number of esters is 1. The van der Waals surface area contributed by atoms with Crippen molar-refractivity contribution in [2.24, 2.45) is 5.92 Å². The van der Waals surface area contributed by atoms with Crippen molar-refractivity contribution in [3.8, 4) is 0 Å². The Morgan fingerprint density at radius 1 is 1.17 bits per heavy atom. The summed E-state index contributed by atoms with van der Waals surface area (Å²) in [6.07, 6.45) is 1.38. The number of Topliss-reactive ketones (excluding diaryl/α,β-unsaturated/α-hetero) is 1. The Balaban J connectivity index is 2.63. The van der Waals surface area contributed by atoms with Crippen LogP contribution in [0.5, 0.6) is 0 Å². The summed E-state index contributed by atoms with van der Waals surface area (Å²) < 4.78 is 10.3. The zero-order valence-corrected chi connectivity index (χ0v) is 14.9. The predicted molar refractivity (Wildman–Crippen MR) is 86.0 cm³/mol. The molecule has 0 aromatic heterocycles. The summed E-state index contributed by atoms with van der Waals surface area (Å²) in [4.78, 5) is 37.6. The van der Waals surface area contributed by atoms with Gasteiger partial charge in [-0.3, -0.25) is 9.59 Å². The van der Waals surface area contributed by atoms with Crippen LogP contribution < -0.4 is 0 Å². The standard InChI is InChI=1S/C17H29NO5/c1-6-13-10-12(14(19)11-15(20)22-7-2)8-9-18(13)16(21)23-17(3,4)5/h12-13H,6-11H2,1-5H3/t12-,13+/m0/s1. The van der Waals surface area contributed by atoms with Crippen molar-refractivity contribution in [1.82, 2.24) is 4.90 Å². The Morgan fingerprint density at radius 2 is 1.83 bits per heavy atom. The van der Waals surface area contributed by atoms with Crippen molar-refractivity contribution in [3.05, 3.63) is 0 Å². The van der Waals surface area contributed by atoms with Crippen LogP contribution in [0.4, 0.5) is 4.79 Å². The van der Waals surface area contributed by atoms with Gasteiger partial charge in [0.15, 0.2) is 0 Å². The summed E-state index contributed by atoms with van der Waals surface area (Å²) in [5, 5.41) is 0. The molecule has 0 bridgehead atoms. The zero-order valence-electron chi connectivity index (χ0n) is 14.9. The topological polar surface area (TPSA) is 72.9 Å². The lowest BCUT2D eigenvalue weighted by Crippen LogP contribution is -2.49. The highest BCUT2D eigenvalue weighted by molar-refractivity contribution is 5.96. The second-order valence-electron chi connectivity index (χ2n) is 6.91. The first kappa shape index (κ1) is 19.5. The van der Waals surface area contributed by atoms with Crippen LogP contribution in [0, 0.1) is 5.92 Å². The van der Waals surface area contributed by atoms with Gasteiger partial charge in [0.1, 0.15) is 17.8 Å². The van der Waals surface area contributed by atoms with Crippen molar-refractivity contribution in [3.63, 3.8) is 0 Å². The molecule has 1 heterocycles. The lowest BCUT2D eigenvalue weighted by molar-refractivity contribution is -0.146. The van der Waals surface area contributed by atoms with Crippen LogP contribution in [0.3, 0.4) is 0 Å². The average Bonchev–Trinajstić information content (AvgIpc) is 2.44. The van der Waals surface area contributed by atoms with E-state index < -0.39 is 11.6 Å². The zero-order chi connectivity index (χ0) is 17.6. The first-order valence-corrected chi connectivity index (χ1v) is 8.35. The molecule has 0 unspecified atom stereocenters. The fourth-order valence-electron chi connectivity index (χ4n) is 2.79. The van der Waals surface area contributed by atoms with Crippen molar-refractivity contribution in [1.29, 1.82) is 0 Å². The van der Waals surface area contributed by atoms with Gasteiger partial charge in [-0.1, -0.05) is 6.92 Å². The molecule has 0 radical (unpaired) electrons. The molecule has 1 aliphatic rings. The van der Waals surface area contributed by atoms with E-state index in [9.17, 15) is 14.4 Å². The van der Waals surface area contributed by atoms with Gasteiger partial charge in [0.05, 0.1) is 6.61 Å². The van der Waals surface area contributed by atoms with Gasteiger partial charge < -0.3 is 14.4 Å². The summed E-state index contributed by atoms with van der Waals surface area (Å²) in [6, 6.07) is -0.0326. The molecule has 1 amide bonds. The van der Waals surface area contributed by atoms with Crippen LogP contribution in [0.15, 0.2) is 0 Å². The molecule has 0 aromatic carbocycles. The molecule has 1 saturated heterocycles. The number of ketones is 1. The van der Waals surface area contributed by atoms with Gasteiger partial charge in [0, 0.05) is 18.5 Å². The van der Waals surface area contributed by atoms with E-state index in [1.165, 1.54) is 0 Å². The third kappa shape index (κ3) is 6.20. The maximum atomic E-state index is 12.3. The SMILES string of the molecule is CCOC(=O)CC(=O)[C@H]1CCN(C(=O)OC(C)(C)C)[C@H](CC)C1. The Hall–Kier alpha value is -1.59. The molecule has 6 nitrogen and oxygen atoms in total. The number of likely N-dealkylation sites (tertiary alicyclic amines) is 1. The molecule has 0 spiro atoms. The Labute approximate surface area is 138 Å². The van der Waals surface area contributed by atoms with E-state index in [4.69, 9.17) is 9.47 Å². The van der Waals surface area contributed by atoms with Crippen molar-refractivity contribution in [2.45, 2.75) is 71.9 Å². The number of carbonyl (C=O) groups is 3. The van der Waals surface area contributed by atoms with E-state index in [1.807, 2.05) is 27.7 Å². The molecule has 23 heavy (non-hydrogen) atoms. The number of amides is 1. The normalized spacial score (nSPS) is 21.7. The van der Waals surface area contributed by atoms with Crippen LogP contribution in [-0.4, -0.2) is 47.5 Å². The molecule has 1 aliphatic heterocycles. The molecule has 132 valence electrons. The summed E-state index contributed by atoms with van der Waals surface area (Å²) in [5.74, 6) is -0.756. The number of hydrogen-bond acceptors (Lipinski definition) is 5. The number of nitrogens with zero attached hydrogens (tertiary/aromatic N) is 1. The molecule has 1 rings (SSSR count). The van der Waals surface area contributed by atoms with Gasteiger partial charge in [0.2, 0.25) is 0 Å². The van der Waals surface area contributed by atoms with Crippen molar-refractivity contribution < 1.29 is 23.9 Å². The van der Waals surface area contributed by atoms with E-state index in [1.54, 1.807) is 11.8 Å². The number of hydrogen-bond donors (Lipinski definition) is 0. The Kier molecular flexibility index (Phi) is 7.03. The largest absolute Gasteiger partial charge is 0.466 e. The first-order chi connectivity index (χ1) is 10.7. The summed E-state index contributed by atoms with van der Waals surface area (Å²) >= 11 is 0. The minimum Gasteiger partial charge on any atom is -0.466 e. The van der Waals surface area contributed by atoms with E-state index >= 15 is 0 Å². The molecular formula is C17H29NO5. The highest BCUT2D eigenvalue weighted by Gasteiger charge is 2.36. The minimum absolute atomic E-state index is 0.0326. The van der Waals surface area contributed by atoms with E-state index in [-0.39, 0.29) is 36.9 Å². The minimum atomic E-state index is -0.536. The third-order valence-corrected chi connectivity index (χ3v) is 3.89. The number of rotatable bonds is 5. The van der Waals surface area contributed by atoms with Gasteiger partial charge in [0.25, 0.3) is 0 Å². The van der Waals surface area contributed by atoms with Crippen LogP contribution in [0.1, 0.15) is 60.3 Å². The smallest absolute Gasteiger partial charge is 0.410 e. The molecule has 0 saturated carbocycles. The fourth-order valence-corrected chi connectivity index (χ4v) is 2.79. The monoisotopic (exact) mass is 327 g/mol. The highest BCUT2D eigenvalue weighted by Crippen LogP contribution is 2.28. The second-order valence-corrected chi connectivity index (χ2v) is 6.91. The third-order valence-electron chi connectivity index (χ3n) is 3.89. The lowest BCUT2D eigenvalue weighted by atomic mass is 9.85. The van der Waals surface area contributed by atoms with E-state index in [0.717, 1.165) is 6.42 Å². The van der Waals surface area contributed by atoms with Gasteiger partial charge in [-0.05, 0) is 47.0 Å². The van der Waals surface area contributed by atoms with E-state index in [2.05, 4.69) is 0 Å². The van der Waals surface area contributed by atoms with Gasteiger partial charge in [-0.2, -0.15) is 0 Å². The van der Waals surface area contributed by atoms with Crippen LogP contribution in [-0.2, 0) is 19.1 Å². The van der Waals surface area contributed by atoms with E-state index in [0.29, 0.717) is 19.4 Å². The molecule has 6 heteroatoms. The quantitative estimate of drug-likeness (QED) is 0.573. The predicted octanol–water partition coefficient (Wildman–Crippen LogP) is 2.93. The number of carbonyl (C=O) groups excluding carboxylic acids is 3. The summed E-state index contributed by atoms with van der Waals surface area (Å²) in [5.41, 5.74) is -0.536. The maximum absolute atomic E-state index is 12.3. The second kappa shape index (κ2) is 8.31. The van der Waals surface area contributed by atoms with Crippen molar-refractivity contribution >= 4 is 17.8 Å². The first-order valence-electron chi connectivity index (χ1n) is 8.35. The maximum Gasteiger partial charge on any atom is 0.410 e. The molecule has 0 N–H and O–H groups in total. The highest BCUT2D eigenvalue weighted by atomic mass is 16.6. The molecule has 1 fully saturated rings.